The third kappa shape index (κ3) is 5.33. The van der Waals surface area contributed by atoms with E-state index < -0.39 is 5.82 Å². The largest absolute Gasteiger partial charge is 0.373 e. The molecule has 0 bridgehead atoms. The van der Waals surface area contributed by atoms with E-state index in [0.29, 0.717) is 44.6 Å². The lowest BCUT2D eigenvalue weighted by Crippen LogP contribution is -2.29. The zero-order valence-corrected chi connectivity index (χ0v) is 23.4. The van der Waals surface area contributed by atoms with Gasteiger partial charge in [0, 0.05) is 23.0 Å². The fourth-order valence-electron chi connectivity index (χ4n) is 4.89. The van der Waals surface area contributed by atoms with Gasteiger partial charge >= 0.3 is 0 Å². The number of nitrogens with one attached hydrogen (secondary N) is 3. The molecule has 1 saturated heterocycles. The zero-order chi connectivity index (χ0) is 27.6. The number of halogens is 3. The summed E-state index contributed by atoms with van der Waals surface area (Å²) in [6.07, 6.45) is 5.47. The first kappa shape index (κ1) is 26.5. The summed E-state index contributed by atoms with van der Waals surface area (Å²) in [6.45, 7) is 1.92. The number of rotatable bonds is 7. The van der Waals surface area contributed by atoms with Gasteiger partial charge in [0.2, 0.25) is 0 Å². The molecular formula is C28H23Cl2FN8S. The first-order chi connectivity index (χ1) is 19.5. The van der Waals surface area contributed by atoms with Gasteiger partial charge in [-0.2, -0.15) is 16.6 Å². The van der Waals surface area contributed by atoms with Crippen LogP contribution >= 0.6 is 34.5 Å². The molecule has 1 atom stereocenters. The lowest BCUT2D eigenvalue weighted by Gasteiger charge is -2.22. The lowest BCUT2D eigenvalue weighted by molar-refractivity contribution is 0.337. The molecule has 0 radical (unpaired) electrons. The van der Waals surface area contributed by atoms with E-state index in [9.17, 15) is 9.65 Å². The molecule has 1 aliphatic heterocycles. The Balaban J connectivity index is 1.39. The number of hydrogen-bond acceptors (Lipinski definition) is 8. The number of thiophene rings is 1. The maximum atomic E-state index is 13.8. The normalized spacial score (nSPS) is 14.7. The Morgan fingerprint density at radius 2 is 1.95 bits per heavy atom. The SMILES string of the molecule is N#Cc1cnc2c(Cl)cc(NC(c3ccsc3)c3cn(C4CCNCC4)nn3)cc2c1Nc1ccc(F)c(Cl)c1. The molecule has 1 aliphatic rings. The Labute approximate surface area is 243 Å². The minimum atomic E-state index is -0.529. The third-order valence-corrected chi connectivity index (χ3v) is 8.21. The molecule has 0 saturated carbocycles. The highest BCUT2D eigenvalue weighted by Gasteiger charge is 2.23. The molecule has 0 amide bonds. The van der Waals surface area contributed by atoms with Crippen LogP contribution in [0.5, 0.6) is 0 Å². The minimum Gasteiger partial charge on any atom is -0.373 e. The summed E-state index contributed by atoms with van der Waals surface area (Å²) in [7, 11) is 0. The highest BCUT2D eigenvalue weighted by atomic mass is 35.5. The quantitative estimate of drug-likeness (QED) is 0.185. The molecule has 202 valence electrons. The standard InChI is InChI=1S/C28H23Cl2FN8S/c29-22-10-18(1-2-24(22)31)35-26-17(12-32)13-34-28-21(26)9-19(11-23(28)30)36-27(16-5-8-40-15-16)25-14-39(38-37-25)20-3-6-33-7-4-20/h1-2,5,8-11,13-15,20,27,33,36H,3-4,6-7H2,(H,34,35). The van der Waals surface area contributed by atoms with Crippen molar-refractivity contribution in [3.8, 4) is 6.07 Å². The van der Waals surface area contributed by atoms with Gasteiger partial charge < -0.3 is 16.0 Å². The van der Waals surface area contributed by atoms with Crippen LogP contribution in [0.1, 0.15) is 41.7 Å². The third-order valence-electron chi connectivity index (χ3n) is 6.93. The number of aromatic nitrogens is 4. The molecule has 6 rings (SSSR count). The second-order valence-electron chi connectivity index (χ2n) is 9.51. The van der Waals surface area contributed by atoms with Gasteiger partial charge in [-0.3, -0.25) is 4.98 Å². The predicted molar refractivity (Wildman–Crippen MR) is 157 cm³/mol. The molecule has 1 fully saturated rings. The average molecular weight is 594 g/mol. The maximum Gasteiger partial charge on any atom is 0.141 e. The molecule has 2 aromatic carbocycles. The highest BCUT2D eigenvalue weighted by Crippen LogP contribution is 2.37. The molecule has 12 heteroatoms. The minimum absolute atomic E-state index is 0.0293. The van der Waals surface area contributed by atoms with Crippen molar-refractivity contribution in [3.63, 3.8) is 0 Å². The van der Waals surface area contributed by atoms with Gasteiger partial charge in [-0.15, -0.1) is 5.10 Å². The first-order valence-electron chi connectivity index (χ1n) is 12.7. The molecule has 1 unspecified atom stereocenters. The lowest BCUT2D eigenvalue weighted by atomic mass is 10.0. The van der Waals surface area contributed by atoms with Crippen molar-refractivity contribution in [2.24, 2.45) is 0 Å². The summed E-state index contributed by atoms with van der Waals surface area (Å²) in [4.78, 5) is 4.43. The number of pyridine rings is 1. The number of anilines is 3. The van der Waals surface area contributed by atoms with Gasteiger partial charge in [0.25, 0.3) is 0 Å². The molecule has 0 spiro atoms. The Bertz CT molecular complexity index is 1710. The van der Waals surface area contributed by atoms with Crippen LogP contribution in [-0.2, 0) is 0 Å². The van der Waals surface area contributed by atoms with E-state index in [2.05, 4.69) is 48.8 Å². The number of fused-ring (bicyclic) bond motifs is 1. The van der Waals surface area contributed by atoms with Crippen molar-refractivity contribution in [2.45, 2.75) is 24.9 Å². The van der Waals surface area contributed by atoms with Gasteiger partial charge in [-0.05, 0) is 78.7 Å². The molecule has 0 aliphatic carbocycles. The topological polar surface area (TPSA) is 103 Å². The van der Waals surface area contributed by atoms with Gasteiger partial charge in [0.1, 0.15) is 17.6 Å². The van der Waals surface area contributed by atoms with E-state index in [1.165, 1.54) is 18.3 Å². The Kier molecular flexibility index (Phi) is 7.54. The van der Waals surface area contributed by atoms with Crippen LogP contribution in [0, 0.1) is 17.1 Å². The van der Waals surface area contributed by atoms with E-state index in [1.54, 1.807) is 23.5 Å². The van der Waals surface area contributed by atoms with E-state index >= 15 is 0 Å². The molecule has 3 N–H and O–H groups in total. The summed E-state index contributed by atoms with van der Waals surface area (Å²) in [5.41, 5.74) is 4.38. The summed E-state index contributed by atoms with van der Waals surface area (Å²) < 4.78 is 15.7. The van der Waals surface area contributed by atoms with Crippen LogP contribution in [0.25, 0.3) is 10.9 Å². The molecular weight excluding hydrogens is 570 g/mol. The van der Waals surface area contributed by atoms with Crippen molar-refractivity contribution in [1.29, 1.82) is 5.26 Å². The summed E-state index contributed by atoms with van der Waals surface area (Å²) in [5, 5.41) is 34.1. The molecule has 5 aromatic rings. The van der Waals surface area contributed by atoms with Crippen LogP contribution in [0.3, 0.4) is 0 Å². The highest BCUT2D eigenvalue weighted by molar-refractivity contribution is 7.08. The first-order valence-corrected chi connectivity index (χ1v) is 14.4. The van der Waals surface area contributed by atoms with Gasteiger partial charge in [0.15, 0.2) is 0 Å². The Morgan fingerprint density at radius 3 is 2.70 bits per heavy atom. The summed E-state index contributed by atoms with van der Waals surface area (Å²) >= 11 is 14.3. The van der Waals surface area contributed by atoms with Gasteiger partial charge in [-0.1, -0.05) is 28.4 Å². The smallest absolute Gasteiger partial charge is 0.141 e. The predicted octanol–water partition coefficient (Wildman–Crippen LogP) is 7.07. The molecule has 4 heterocycles. The van der Waals surface area contributed by atoms with Gasteiger partial charge in [0.05, 0.1) is 45.1 Å². The number of piperidine rings is 1. The number of nitrogens with zero attached hydrogens (tertiary/aromatic N) is 5. The van der Waals surface area contributed by atoms with Crippen LogP contribution < -0.4 is 16.0 Å². The van der Waals surface area contributed by atoms with Crippen LogP contribution in [0.15, 0.2) is 59.6 Å². The second kappa shape index (κ2) is 11.4. The fourth-order valence-corrected chi connectivity index (χ4v) is 6.02. The number of hydrogen-bond donors (Lipinski definition) is 3. The fraction of sp³-hybridized carbons (Fsp3) is 0.214. The monoisotopic (exact) mass is 592 g/mol. The van der Waals surface area contributed by atoms with E-state index in [0.717, 1.165) is 37.2 Å². The molecule has 40 heavy (non-hydrogen) atoms. The van der Waals surface area contributed by atoms with Crippen LogP contribution in [0.4, 0.5) is 21.5 Å². The maximum absolute atomic E-state index is 13.8. The van der Waals surface area contributed by atoms with E-state index in [-0.39, 0.29) is 11.1 Å². The summed E-state index contributed by atoms with van der Waals surface area (Å²) in [6, 6.07) is 12.2. The summed E-state index contributed by atoms with van der Waals surface area (Å²) in [5.74, 6) is -0.529. The zero-order valence-electron chi connectivity index (χ0n) is 21.0. The van der Waals surface area contributed by atoms with Crippen LogP contribution in [0.2, 0.25) is 10.0 Å². The van der Waals surface area contributed by atoms with E-state index in [1.807, 2.05) is 22.3 Å². The van der Waals surface area contributed by atoms with Crippen molar-refractivity contribution in [1.82, 2.24) is 25.3 Å². The average Bonchev–Trinajstić information content (AvgIpc) is 3.68. The van der Waals surface area contributed by atoms with Crippen molar-refractivity contribution >= 4 is 62.5 Å². The van der Waals surface area contributed by atoms with Gasteiger partial charge in [-0.25, -0.2) is 9.07 Å². The van der Waals surface area contributed by atoms with Crippen molar-refractivity contribution in [3.05, 3.63) is 92.2 Å². The molecule has 3 aromatic heterocycles. The Hall–Kier alpha value is -3.75. The number of benzene rings is 2. The van der Waals surface area contributed by atoms with Crippen LogP contribution in [-0.4, -0.2) is 33.1 Å². The van der Waals surface area contributed by atoms with Crippen molar-refractivity contribution < 1.29 is 4.39 Å². The Morgan fingerprint density at radius 1 is 1.12 bits per heavy atom. The molecule has 8 nitrogen and oxygen atoms in total. The van der Waals surface area contributed by atoms with Crippen molar-refractivity contribution in [2.75, 3.05) is 23.7 Å². The number of nitriles is 1. The second-order valence-corrected chi connectivity index (χ2v) is 11.1. The van der Waals surface area contributed by atoms with E-state index in [4.69, 9.17) is 23.2 Å².